The molecule has 1 heterocycles. The van der Waals surface area contributed by atoms with Crippen LogP contribution in [-0.4, -0.2) is 35.4 Å². The fourth-order valence-electron chi connectivity index (χ4n) is 2.69. The Kier molecular flexibility index (Phi) is 5.66. The molecule has 0 aliphatic rings. The zero-order valence-electron chi connectivity index (χ0n) is 15.6. The molecule has 2 aromatic rings. The summed E-state index contributed by atoms with van der Waals surface area (Å²) in [7, 11) is 3.25. The number of halogens is 1. The summed E-state index contributed by atoms with van der Waals surface area (Å²) in [5.74, 6) is -0.451. The molecule has 1 aromatic heterocycles. The topological polar surface area (TPSA) is 59.4 Å². The largest absolute Gasteiger partial charge is 0.494 e. The third kappa shape index (κ3) is 4.10. The van der Waals surface area contributed by atoms with Gasteiger partial charge in [0, 0.05) is 24.8 Å². The van der Waals surface area contributed by atoms with Gasteiger partial charge in [-0.25, -0.2) is 4.39 Å². The summed E-state index contributed by atoms with van der Waals surface area (Å²) in [5.41, 5.74) is 3.00. The van der Waals surface area contributed by atoms with Crippen LogP contribution in [0.2, 0.25) is 0 Å². The molecule has 0 aliphatic heterocycles. The average Bonchev–Trinajstić information content (AvgIpc) is 2.78. The number of nitrogens with zero attached hydrogens (tertiary/aromatic N) is 3. The van der Waals surface area contributed by atoms with E-state index in [4.69, 9.17) is 4.74 Å². The van der Waals surface area contributed by atoms with Crippen molar-refractivity contribution in [1.29, 1.82) is 0 Å². The van der Waals surface area contributed by atoms with E-state index in [0.717, 1.165) is 17.1 Å². The number of rotatable bonds is 6. The van der Waals surface area contributed by atoms with Crippen LogP contribution >= 0.6 is 0 Å². The predicted molar refractivity (Wildman–Crippen MR) is 96.7 cm³/mol. The summed E-state index contributed by atoms with van der Waals surface area (Å²) < 4.78 is 20.7. The molecule has 0 spiro atoms. The Balaban J connectivity index is 2.18. The molecule has 0 aliphatic carbocycles. The number of ether oxygens (including phenoxy) is 1. The lowest BCUT2D eigenvalue weighted by molar-refractivity contribution is -0.115. The molecule has 0 bridgehead atoms. The van der Waals surface area contributed by atoms with Crippen LogP contribution in [0.4, 0.5) is 15.8 Å². The molecule has 0 atom stereocenters. The molecule has 0 fully saturated rings. The second-order valence-electron chi connectivity index (χ2n) is 6.26. The number of carbonyl (C=O) groups excluding carboxylic acids is 1. The number of amides is 1. The molecule has 1 aromatic carbocycles. The highest BCUT2D eigenvalue weighted by Gasteiger charge is 2.19. The lowest BCUT2D eigenvalue weighted by Crippen LogP contribution is -2.38. The summed E-state index contributed by atoms with van der Waals surface area (Å²) in [5, 5.41) is 7.20. The number of aromatic nitrogens is 2. The van der Waals surface area contributed by atoms with E-state index in [1.165, 1.54) is 13.2 Å². The first kappa shape index (κ1) is 18.8. The van der Waals surface area contributed by atoms with Crippen LogP contribution in [0.5, 0.6) is 5.75 Å². The number of hydrogen-bond donors (Lipinski definition) is 1. The van der Waals surface area contributed by atoms with E-state index in [0.29, 0.717) is 5.69 Å². The second-order valence-corrected chi connectivity index (χ2v) is 6.26. The van der Waals surface area contributed by atoms with Crippen molar-refractivity contribution in [2.45, 2.75) is 33.7 Å². The van der Waals surface area contributed by atoms with Crippen molar-refractivity contribution in [3.63, 3.8) is 0 Å². The Labute approximate surface area is 147 Å². The number of hydrogen-bond acceptors (Lipinski definition) is 4. The first-order valence-electron chi connectivity index (χ1n) is 8.14. The molecule has 1 amide bonds. The number of benzene rings is 1. The highest BCUT2D eigenvalue weighted by molar-refractivity contribution is 5.95. The molecule has 0 unspecified atom stereocenters. The van der Waals surface area contributed by atoms with E-state index < -0.39 is 5.82 Å². The molecular formula is C18H25FN4O2. The molecule has 25 heavy (non-hydrogen) atoms. The van der Waals surface area contributed by atoms with Crippen LogP contribution in [0, 0.1) is 19.7 Å². The number of methoxy groups -OCH3 is 1. The van der Waals surface area contributed by atoms with Crippen molar-refractivity contribution in [2.75, 3.05) is 23.9 Å². The van der Waals surface area contributed by atoms with Gasteiger partial charge < -0.3 is 15.0 Å². The molecule has 2 rings (SSSR count). The van der Waals surface area contributed by atoms with Crippen LogP contribution in [0.3, 0.4) is 0 Å². The quantitative estimate of drug-likeness (QED) is 0.872. The van der Waals surface area contributed by atoms with Gasteiger partial charge in [0.25, 0.3) is 0 Å². The molecule has 1 N–H and O–H groups in total. The lowest BCUT2D eigenvalue weighted by atomic mass is 10.2. The molecular weight excluding hydrogens is 323 g/mol. The van der Waals surface area contributed by atoms with Gasteiger partial charge in [-0.15, -0.1) is 0 Å². The van der Waals surface area contributed by atoms with Gasteiger partial charge >= 0.3 is 0 Å². The van der Waals surface area contributed by atoms with Crippen molar-refractivity contribution in [3.8, 4) is 5.75 Å². The SMILES string of the molecule is COc1ccc(N(CC(=O)Nc2c(C)nn(C)c2C)C(C)C)cc1F. The number of nitrogens with one attached hydrogen (secondary N) is 1. The summed E-state index contributed by atoms with van der Waals surface area (Å²) in [6, 6.07) is 4.71. The van der Waals surface area contributed by atoms with Crippen molar-refractivity contribution in [2.24, 2.45) is 7.05 Å². The van der Waals surface area contributed by atoms with Crippen LogP contribution < -0.4 is 15.0 Å². The Morgan fingerprint density at radius 3 is 2.56 bits per heavy atom. The maximum absolute atomic E-state index is 14.0. The first-order chi connectivity index (χ1) is 11.7. The van der Waals surface area contributed by atoms with Crippen LogP contribution in [-0.2, 0) is 11.8 Å². The van der Waals surface area contributed by atoms with Gasteiger partial charge in [-0.3, -0.25) is 9.48 Å². The molecule has 0 saturated heterocycles. The van der Waals surface area contributed by atoms with Crippen LogP contribution in [0.15, 0.2) is 18.2 Å². The summed E-state index contributed by atoms with van der Waals surface area (Å²) in [4.78, 5) is 14.3. The predicted octanol–water partition coefficient (Wildman–Crippen LogP) is 3.04. The van der Waals surface area contributed by atoms with Crippen molar-refractivity contribution in [3.05, 3.63) is 35.4 Å². The van der Waals surface area contributed by atoms with Gasteiger partial charge in [-0.1, -0.05) is 0 Å². The molecule has 7 heteroatoms. The number of anilines is 2. The third-order valence-corrected chi connectivity index (χ3v) is 4.18. The van der Waals surface area contributed by atoms with E-state index >= 15 is 0 Å². The van der Waals surface area contributed by atoms with Gasteiger partial charge in [0.05, 0.1) is 30.7 Å². The van der Waals surface area contributed by atoms with E-state index in [-0.39, 0.29) is 24.2 Å². The van der Waals surface area contributed by atoms with Gasteiger partial charge in [0.2, 0.25) is 5.91 Å². The number of carbonyl (C=O) groups is 1. The van der Waals surface area contributed by atoms with Gasteiger partial charge in [-0.2, -0.15) is 5.10 Å². The number of aryl methyl sites for hydroxylation is 2. The monoisotopic (exact) mass is 348 g/mol. The summed E-state index contributed by atoms with van der Waals surface area (Å²) in [6.45, 7) is 7.76. The van der Waals surface area contributed by atoms with Crippen LogP contribution in [0.1, 0.15) is 25.2 Å². The fourth-order valence-corrected chi connectivity index (χ4v) is 2.69. The summed E-state index contributed by atoms with van der Waals surface area (Å²) >= 11 is 0. The van der Waals surface area contributed by atoms with Crippen molar-refractivity contribution >= 4 is 17.3 Å². The zero-order valence-corrected chi connectivity index (χ0v) is 15.6. The molecule has 0 saturated carbocycles. The van der Waals surface area contributed by atoms with E-state index in [1.807, 2.05) is 39.6 Å². The van der Waals surface area contributed by atoms with E-state index in [9.17, 15) is 9.18 Å². The Bertz CT molecular complexity index is 771. The highest BCUT2D eigenvalue weighted by atomic mass is 19.1. The smallest absolute Gasteiger partial charge is 0.244 e. The Morgan fingerprint density at radius 1 is 1.40 bits per heavy atom. The standard InChI is InChI=1S/C18H25FN4O2/c1-11(2)23(14-7-8-16(25-6)15(19)9-14)10-17(24)20-18-12(3)21-22(5)13(18)4/h7-9,11H,10H2,1-6H3,(H,20,24). The second kappa shape index (κ2) is 7.55. The maximum Gasteiger partial charge on any atom is 0.244 e. The lowest BCUT2D eigenvalue weighted by Gasteiger charge is -2.28. The van der Waals surface area contributed by atoms with Crippen LogP contribution in [0.25, 0.3) is 0 Å². The highest BCUT2D eigenvalue weighted by Crippen LogP contribution is 2.25. The third-order valence-electron chi connectivity index (χ3n) is 4.18. The van der Waals surface area contributed by atoms with Gasteiger partial charge in [0.15, 0.2) is 11.6 Å². The molecule has 0 radical (unpaired) electrons. The zero-order chi connectivity index (χ0) is 18.7. The fraction of sp³-hybridized carbons (Fsp3) is 0.444. The van der Waals surface area contributed by atoms with E-state index in [1.54, 1.807) is 16.8 Å². The minimum absolute atomic E-state index is 0.0228. The normalized spacial score (nSPS) is 10.9. The minimum Gasteiger partial charge on any atom is -0.494 e. The van der Waals surface area contributed by atoms with Crippen molar-refractivity contribution < 1.29 is 13.9 Å². The van der Waals surface area contributed by atoms with Gasteiger partial charge in [-0.05, 0) is 39.8 Å². The van der Waals surface area contributed by atoms with Gasteiger partial charge in [0.1, 0.15) is 0 Å². The van der Waals surface area contributed by atoms with Crippen molar-refractivity contribution in [1.82, 2.24) is 9.78 Å². The van der Waals surface area contributed by atoms with E-state index in [2.05, 4.69) is 10.4 Å². The summed E-state index contributed by atoms with van der Waals surface area (Å²) in [6.07, 6.45) is 0. The Morgan fingerprint density at radius 2 is 2.08 bits per heavy atom. The first-order valence-corrected chi connectivity index (χ1v) is 8.14. The average molecular weight is 348 g/mol. The Hall–Kier alpha value is -2.57. The minimum atomic E-state index is -0.454. The maximum atomic E-state index is 14.0. The molecule has 6 nitrogen and oxygen atoms in total. The molecule has 136 valence electrons.